The number of rotatable bonds is 2. The van der Waals surface area contributed by atoms with E-state index in [9.17, 15) is 0 Å². The van der Waals surface area contributed by atoms with Crippen molar-refractivity contribution in [3.05, 3.63) is 24.4 Å². The van der Waals surface area contributed by atoms with Crippen LogP contribution in [0.15, 0.2) is 24.4 Å². The molecule has 2 heteroatoms. The Hall–Kier alpha value is -1.05. The molecular weight excluding hydrogens is 160 g/mol. The molecule has 0 saturated carbocycles. The number of nitrogens with zero attached hydrogens (tertiary/aromatic N) is 2. The Morgan fingerprint density at radius 1 is 1.54 bits per heavy atom. The normalized spacial score (nSPS) is 22.2. The van der Waals surface area contributed by atoms with E-state index >= 15 is 0 Å². The third kappa shape index (κ3) is 1.82. The number of pyridine rings is 1. The Morgan fingerprint density at radius 3 is 3.08 bits per heavy atom. The van der Waals surface area contributed by atoms with Gasteiger partial charge in [0.2, 0.25) is 0 Å². The Morgan fingerprint density at radius 2 is 2.46 bits per heavy atom. The molecule has 1 aliphatic rings. The van der Waals surface area contributed by atoms with Crippen molar-refractivity contribution in [3.8, 4) is 0 Å². The van der Waals surface area contributed by atoms with Crippen molar-refractivity contribution in [1.29, 1.82) is 0 Å². The maximum atomic E-state index is 4.36. The second kappa shape index (κ2) is 3.77. The lowest BCUT2D eigenvalue weighted by Gasteiger charge is -2.16. The predicted molar refractivity (Wildman–Crippen MR) is 54.8 cm³/mol. The average Bonchev–Trinajstić information content (AvgIpc) is 2.67. The van der Waals surface area contributed by atoms with Gasteiger partial charge < -0.3 is 4.90 Å². The van der Waals surface area contributed by atoms with Crippen LogP contribution in [0.3, 0.4) is 0 Å². The summed E-state index contributed by atoms with van der Waals surface area (Å²) in [6, 6.07) is 6.12. The molecule has 0 bridgehead atoms. The molecule has 0 radical (unpaired) electrons. The van der Waals surface area contributed by atoms with Crippen LogP contribution in [0.5, 0.6) is 0 Å². The summed E-state index contributed by atoms with van der Waals surface area (Å²) >= 11 is 0. The highest BCUT2D eigenvalue weighted by Crippen LogP contribution is 2.23. The molecule has 1 aromatic heterocycles. The summed E-state index contributed by atoms with van der Waals surface area (Å²) in [5, 5.41) is 0. The van der Waals surface area contributed by atoms with Crippen LogP contribution >= 0.6 is 0 Å². The zero-order valence-corrected chi connectivity index (χ0v) is 8.11. The van der Waals surface area contributed by atoms with E-state index < -0.39 is 0 Å². The summed E-state index contributed by atoms with van der Waals surface area (Å²) in [6.45, 7) is 4.63. The van der Waals surface area contributed by atoms with Crippen molar-refractivity contribution in [2.24, 2.45) is 5.92 Å². The minimum Gasteiger partial charge on any atom is -0.356 e. The molecule has 1 aromatic rings. The van der Waals surface area contributed by atoms with Gasteiger partial charge in [0, 0.05) is 19.3 Å². The fraction of sp³-hybridized carbons (Fsp3) is 0.545. The molecule has 70 valence electrons. The first-order valence-electron chi connectivity index (χ1n) is 5.06. The Balaban J connectivity index is 2.04. The van der Waals surface area contributed by atoms with E-state index in [1.165, 1.54) is 25.9 Å². The minimum atomic E-state index is 0.877. The molecule has 0 amide bonds. The van der Waals surface area contributed by atoms with Gasteiger partial charge in [-0.25, -0.2) is 4.98 Å². The molecular formula is C11H16N2. The van der Waals surface area contributed by atoms with E-state index in [-0.39, 0.29) is 0 Å². The largest absolute Gasteiger partial charge is 0.356 e. The highest BCUT2D eigenvalue weighted by molar-refractivity contribution is 5.38. The molecule has 1 atom stereocenters. The van der Waals surface area contributed by atoms with E-state index in [1.807, 2.05) is 12.3 Å². The van der Waals surface area contributed by atoms with Gasteiger partial charge in [-0.05, 0) is 24.5 Å². The number of anilines is 1. The van der Waals surface area contributed by atoms with E-state index in [4.69, 9.17) is 0 Å². The van der Waals surface area contributed by atoms with Crippen molar-refractivity contribution < 1.29 is 0 Å². The average molecular weight is 176 g/mol. The third-order valence-electron chi connectivity index (χ3n) is 2.84. The second-order valence-corrected chi connectivity index (χ2v) is 3.70. The molecule has 0 N–H and O–H groups in total. The van der Waals surface area contributed by atoms with Crippen LogP contribution in [0.4, 0.5) is 5.82 Å². The zero-order chi connectivity index (χ0) is 9.10. The SMILES string of the molecule is CC[C@H]1CCN(c2ccccn2)C1. The van der Waals surface area contributed by atoms with Crippen LogP contribution in [0.1, 0.15) is 19.8 Å². The maximum Gasteiger partial charge on any atom is 0.128 e. The van der Waals surface area contributed by atoms with E-state index in [1.54, 1.807) is 0 Å². The van der Waals surface area contributed by atoms with Gasteiger partial charge in [0.15, 0.2) is 0 Å². The molecule has 13 heavy (non-hydrogen) atoms. The van der Waals surface area contributed by atoms with E-state index in [2.05, 4.69) is 28.9 Å². The summed E-state index contributed by atoms with van der Waals surface area (Å²) < 4.78 is 0. The van der Waals surface area contributed by atoms with Crippen molar-refractivity contribution in [1.82, 2.24) is 4.98 Å². The van der Waals surface area contributed by atoms with Crippen molar-refractivity contribution in [3.63, 3.8) is 0 Å². The molecule has 0 aliphatic carbocycles. The van der Waals surface area contributed by atoms with Crippen LogP contribution in [-0.4, -0.2) is 18.1 Å². The quantitative estimate of drug-likeness (QED) is 0.687. The minimum absolute atomic E-state index is 0.877. The van der Waals surface area contributed by atoms with Gasteiger partial charge >= 0.3 is 0 Å². The maximum absolute atomic E-state index is 4.36. The molecule has 2 heterocycles. The van der Waals surface area contributed by atoms with Gasteiger partial charge in [-0.3, -0.25) is 0 Å². The highest BCUT2D eigenvalue weighted by atomic mass is 15.2. The fourth-order valence-corrected chi connectivity index (χ4v) is 1.91. The Kier molecular flexibility index (Phi) is 2.48. The van der Waals surface area contributed by atoms with Crippen LogP contribution in [0, 0.1) is 5.92 Å². The number of hydrogen-bond acceptors (Lipinski definition) is 2. The van der Waals surface area contributed by atoms with Crippen LogP contribution < -0.4 is 4.90 Å². The fourth-order valence-electron chi connectivity index (χ4n) is 1.91. The van der Waals surface area contributed by atoms with Crippen molar-refractivity contribution in [2.45, 2.75) is 19.8 Å². The van der Waals surface area contributed by atoms with Gasteiger partial charge in [-0.1, -0.05) is 19.4 Å². The van der Waals surface area contributed by atoms with Gasteiger partial charge in [0.25, 0.3) is 0 Å². The topological polar surface area (TPSA) is 16.1 Å². The lowest BCUT2D eigenvalue weighted by atomic mass is 10.1. The molecule has 2 nitrogen and oxygen atoms in total. The first-order valence-corrected chi connectivity index (χ1v) is 5.06. The van der Waals surface area contributed by atoms with Crippen LogP contribution in [0.25, 0.3) is 0 Å². The van der Waals surface area contributed by atoms with Gasteiger partial charge in [-0.2, -0.15) is 0 Å². The summed E-state index contributed by atoms with van der Waals surface area (Å²) in [4.78, 5) is 6.74. The zero-order valence-electron chi connectivity index (χ0n) is 8.11. The van der Waals surface area contributed by atoms with Crippen molar-refractivity contribution >= 4 is 5.82 Å². The number of hydrogen-bond donors (Lipinski definition) is 0. The molecule has 1 aliphatic heterocycles. The molecule has 1 saturated heterocycles. The lowest BCUT2D eigenvalue weighted by Crippen LogP contribution is -2.20. The monoisotopic (exact) mass is 176 g/mol. The van der Waals surface area contributed by atoms with E-state index in [0.717, 1.165) is 11.7 Å². The summed E-state index contributed by atoms with van der Waals surface area (Å²) in [6.07, 6.45) is 4.49. The predicted octanol–water partition coefficient (Wildman–Crippen LogP) is 2.32. The van der Waals surface area contributed by atoms with Gasteiger partial charge in [0.05, 0.1) is 0 Å². The van der Waals surface area contributed by atoms with Gasteiger partial charge in [0.1, 0.15) is 5.82 Å². The standard InChI is InChI=1S/C11H16N2/c1-2-10-6-8-13(9-10)11-5-3-4-7-12-11/h3-5,7,10H,2,6,8-9H2,1H3/t10-/m0/s1. The second-order valence-electron chi connectivity index (χ2n) is 3.70. The summed E-state index contributed by atoms with van der Waals surface area (Å²) in [7, 11) is 0. The Labute approximate surface area is 79.6 Å². The number of aromatic nitrogens is 1. The summed E-state index contributed by atoms with van der Waals surface area (Å²) in [5.74, 6) is 2.01. The molecule has 1 fully saturated rings. The third-order valence-corrected chi connectivity index (χ3v) is 2.84. The smallest absolute Gasteiger partial charge is 0.128 e. The van der Waals surface area contributed by atoms with Gasteiger partial charge in [-0.15, -0.1) is 0 Å². The first-order chi connectivity index (χ1) is 6.40. The van der Waals surface area contributed by atoms with Crippen molar-refractivity contribution in [2.75, 3.05) is 18.0 Å². The lowest BCUT2D eigenvalue weighted by molar-refractivity contribution is 0.569. The molecule has 0 spiro atoms. The molecule has 0 unspecified atom stereocenters. The molecule has 0 aromatic carbocycles. The van der Waals surface area contributed by atoms with Crippen LogP contribution in [-0.2, 0) is 0 Å². The Bertz CT molecular complexity index is 258. The van der Waals surface area contributed by atoms with E-state index in [0.29, 0.717) is 0 Å². The first kappa shape index (κ1) is 8.54. The highest BCUT2D eigenvalue weighted by Gasteiger charge is 2.21. The molecule has 2 rings (SSSR count). The van der Waals surface area contributed by atoms with Crippen LogP contribution in [0.2, 0.25) is 0 Å². The summed E-state index contributed by atoms with van der Waals surface area (Å²) in [5.41, 5.74) is 0.